The van der Waals surface area contributed by atoms with Crippen molar-refractivity contribution in [2.75, 3.05) is 0 Å². The first-order valence-corrected chi connectivity index (χ1v) is 4.39. The maximum Gasteiger partial charge on any atom is 0.0438 e. The highest BCUT2D eigenvalue weighted by Crippen LogP contribution is 2.19. The van der Waals surface area contributed by atoms with Gasteiger partial charge >= 0.3 is 0 Å². The summed E-state index contributed by atoms with van der Waals surface area (Å²) < 4.78 is 0. The molecular weight excluding hydrogens is 205 g/mol. The van der Waals surface area contributed by atoms with Crippen LogP contribution >= 0.6 is 24.0 Å². The Kier molecular flexibility index (Phi) is 4.76. The minimum Gasteiger partial charge on any atom is -0.325 e. The number of rotatable bonds is 2. The summed E-state index contributed by atoms with van der Waals surface area (Å²) in [6.45, 7) is 3.99. The van der Waals surface area contributed by atoms with Gasteiger partial charge in [0.05, 0.1) is 0 Å². The van der Waals surface area contributed by atoms with Gasteiger partial charge in [-0.25, -0.2) is 0 Å². The van der Waals surface area contributed by atoms with E-state index in [9.17, 15) is 0 Å². The molecule has 0 saturated heterocycles. The standard InChI is InChI=1S/C10H14ClN.ClH/c1-10(2,12)7-8-5-3-4-6-9(8)11;/h3-6H,7,12H2,1-2H3;1H. The molecule has 0 saturated carbocycles. The van der Waals surface area contributed by atoms with E-state index in [0.29, 0.717) is 0 Å². The highest BCUT2D eigenvalue weighted by Gasteiger charge is 2.12. The topological polar surface area (TPSA) is 26.0 Å². The number of benzene rings is 1. The zero-order valence-electron chi connectivity index (χ0n) is 7.88. The van der Waals surface area contributed by atoms with Gasteiger partial charge in [-0.2, -0.15) is 0 Å². The molecule has 0 spiro atoms. The Labute approximate surface area is 90.7 Å². The van der Waals surface area contributed by atoms with Crippen LogP contribution in [0.25, 0.3) is 0 Å². The summed E-state index contributed by atoms with van der Waals surface area (Å²) in [6, 6.07) is 7.81. The van der Waals surface area contributed by atoms with E-state index in [1.54, 1.807) is 0 Å². The van der Waals surface area contributed by atoms with Crippen LogP contribution in [0, 0.1) is 0 Å². The fraction of sp³-hybridized carbons (Fsp3) is 0.400. The van der Waals surface area contributed by atoms with Crippen LogP contribution in [0.4, 0.5) is 0 Å². The average molecular weight is 220 g/mol. The van der Waals surface area contributed by atoms with Crippen LogP contribution in [0.3, 0.4) is 0 Å². The predicted octanol–water partition coefficient (Wildman–Crippen LogP) is 3.04. The monoisotopic (exact) mass is 219 g/mol. The Morgan fingerprint density at radius 2 is 1.85 bits per heavy atom. The molecule has 74 valence electrons. The van der Waals surface area contributed by atoms with Crippen molar-refractivity contribution in [1.29, 1.82) is 0 Å². The molecule has 0 atom stereocenters. The van der Waals surface area contributed by atoms with E-state index in [2.05, 4.69) is 0 Å². The van der Waals surface area contributed by atoms with Gasteiger partial charge in [-0.1, -0.05) is 29.8 Å². The van der Waals surface area contributed by atoms with Crippen molar-refractivity contribution in [3.8, 4) is 0 Å². The zero-order chi connectivity index (χ0) is 9.19. The summed E-state index contributed by atoms with van der Waals surface area (Å²) in [6.07, 6.45) is 0.812. The lowest BCUT2D eigenvalue weighted by molar-refractivity contribution is 0.517. The van der Waals surface area contributed by atoms with Crippen LogP contribution < -0.4 is 5.73 Å². The Morgan fingerprint density at radius 3 is 2.31 bits per heavy atom. The highest BCUT2D eigenvalue weighted by atomic mass is 35.5. The van der Waals surface area contributed by atoms with Crippen molar-refractivity contribution >= 4 is 24.0 Å². The molecular formula is C10H15Cl2N. The predicted molar refractivity (Wildman–Crippen MR) is 60.7 cm³/mol. The quantitative estimate of drug-likeness (QED) is 0.814. The molecule has 0 aliphatic carbocycles. The van der Waals surface area contributed by atoms with Crippen molar-refractivity contribution in [3.05, 3.63) is 34.9 Å². The van der Waals surface area contributed by atoms with Crippen molar-refractivity contribution in [2.24, 2.45) is 5.73 Å². The Balaban J connectivity index is 0.00000144. The van der Waals surface area contributed by atoms with Gasteiger partial charge in [0.1, 0.15) is 0 Å². The molecule has 1 rings (SSSR count). The van der Waals surface area contributed by atoms with Crippen LogP contribution in [0.1, 0.15) is 19.4 Å². The SMILES string of the molecule is CC(C)(N)Cc1ccccc1Cl.Cl. The molecule has 1 nitrogen and oxygen atoms in total. The van der Waals surface area contributed by atoms with Crippen molar-refractivity contribution in [3.63, 3.8) is 0 Å². The number of hydrogen-bond acceptors (Lipinski definition) is 1. The number of halogens is 2. The molecule has 0 aromatic heterocycles. The van der Waals surface area contributed by atoms with Gasteiger partial charge in [0.25, 0.3) is 0 Å². The van der Waals surface area contributed by atoms with Crippen molar-refractivity contribution in [2.45, 2.75) is 25.8 Å². The molecule has 0 unspecified atom stereocenters. The second kappa shape index (κ2) is 4.85. The molecule has 13 heavy (non-hydrogen) atoms. The van der Waals surface area contributed by atoms with Crippen LogP contribution in [-0.4, -0.2) is 5.54 Å². The summed E-state index contributed by atoms with van der Waals surface area (Å²) in [5, 5.41) is 0.802. The van der Waals surface area contributed by atoms with E-state index in [-0.39, 0.29) is 17.9 Å². The fourth-order valence-electron chi connectivity index (χ4n) is 1.13. The lowest BCUT2D eigenvalue weighted by Crippen LogP contribution is -2.34. The van der Waals surface area contributed by atoms with E-state index in [1.807, 2.05) is 38.1 Å². The third-order valence-corrected chi connectivity index (χ3v) is 1.97. The molecule has 0 bridgehead atoms. The molecule has 0 aliphatic heterocycles. The molecule has 2 N–H and O–H groups in total. The van der Waals surface area contributed by atoms with Crippen molar-refractivity contribution < 1.29 is 0 Å². The molecule has 0 aliphatic rings. The molecule has 3 heteroatoms. The maximum atomic E-state index is 5.97. The fourth-order valence-corrected chi connectivity index (χ4v) is 1.34. The van der Waals surface area contributed by atoms with Crippen LogP contribution in [0.15, 0.2) is 24.3 Å². The lowest BCUT2D eigenvalue weighted by atomic mass is 9.96. The summed E-state index contributed by atoms with van der Waals surface area (Å²) >= 11 is 5.97. The number of hydrogen-bond donors (Lipinski definition) is 1. The van der Waals surface area contributed by atoms with Gasteiger partial charge in [-0.15, -0.1) is 12.4 Å². The van der Waals surface area contributed by atoms with Gasteiger partial charge in [-0.3, -0.25) is 0 Å². The molecule has 0 heterocycles. The van der Waals surface area contributed by atoms with E-state index >= 15 is 0 Å². The second-order valence-corrected chi connectivity index (χ2v) is 4.16. The Morgan fingerprint density at radius 1 is 1.31 bits per heavy atom. The van der Waals surface area contributed by atoms with Gasteiger partial charge in [0.2, 0.25) is 0 Å². The molecule has 0 fully saturated rings. The summed E-state index contributed by atoms with van der Waals surface area (Å²) in [4.78, 5) is 0. The molecule has 1 aromatic rings. The summed E-state index contributed by atoms with van der Waals surface area (Å²) in [5.41, 5.74) is 6.81. The van der Waals surface area contributed by atoms with Gasteiger partial charge in [0, 0.05) is 10.6 Å². The average Bonchev–Trinajstić information content (AvgIpc) is 1.91. The highest BCUT2D eigenvalue weighted by molar-refractivity contribution is 6.31. The minimum atomic E-state index is -0.189. The Bertz CT molecular complexity index is 266. The lowest BCUT2D eigenvalue weighted by Gasteiger charge is -2.18. The van der Waals surface area contributed by atoms with Crippen LogP contribution in [0.2, 0.25) is 5.02 Å². The zero-order valence-corrected chi connectivity index (χ0v) is 9.45. The van der Waals surface area contributed by atoms with E-state index in [4.69, 9.17) is 17.3 Å². The third kappa shape index (κ3) is 4.51. The van der Waals surface area contributed by atoms with E-state index < -0.39 is 0 Å². The normalized spacial score (nSPS) is 10.8. The second-order valence-electron chi connectivity index (χ2n) is 3.76. The largest absolute Gasteiger partial charge is 0.325 e. The first kappa shape index (κ1) is 12.8. The molecule has 1 aromatic carbocycles. The van der Waals surface area contributed by atoms with E-state index in [0.717, 1.165) is 17.0 Å². The van der Waals surface area contributed by atoms with Gasteiger partial charge in [0.15, 0.2) is 0 Å². The summed E-state index contributed by atoms with van der Waals surface area (Å²) in [7, 11) is 0. The minimum absolute atomic E-state index is 0. The maximum absolute atomic E-state index is 5.97. The van der Waals surface area contributed by atoms with Crippen molar-refractivity contribution in [1.82, 2.24) is 0 Å². The van der Waals surface area contributed by atoms with Gasteiger partial charge in [-0.05, 0) is 31.9 Å². The molecule has 0 radical (unpaired) electrons. The Hall–Kier alpha value is -0.240. The first-order valence-electron chi connectivity index (χ1n) is 4.01. The summed E-state index contributed by atoms with van der Waals surface area (Å²) in [5.74, 6) is 0. The molecule has 0 amide bonds. The smallest absolute Gasteiger partial charge is 0.0438 e. The van der Waals surface area contributed by atoms with Crippen LogP contribution in [0.5, 0.6) is 0 Å². The van der Waals surface area contributed by atoms with Gasteiger partial charge < -0.3 is 5.73 Å². The number of nitrogens with two attached hydrogens (primary N) is 1. The van der Waals surface area contributed by atoms with Crippen LogP contribution in [-0.2, 0) is 6.42 Å². The third-order valence-electron chi connectivity index (χ3n) is 1.60. The van der Waals surface area contributed by atoms with E-state index in [1.165, 1.54) is 0 Å². The first-order chi connectivity index (χ1) is 5.49.